The molecule has 0 radical (unpaired) electrons. The lowest BCUT2D eigenvalue weighted by molar-refractivity contribution is -0.121. The summed E-state index contributed by atoms with van der Waals surface area (Å²) in [7, 11) is 0. The Labute approximate surface area is 110 Å². The number of unbranched alkanes of at least 4 members (excludes halogenated alkanes) is 1. The van der Waals surface area contributed by atoms with Gasteiger partial charge in [-0.25, -0.2) is 0 Å². The van der Waals surface area contributed by atoms with Crippen LogP contribution in [0.4, 0.5) is 0 Å². The van der Waals surface area contributed by atoms with E-state index in [9.17, 15) is 4.79 Å². The lowest BCUT2D eigenvalue weighted by atomic mass is 10.0. The first-order chi connectivity index (χ1) is 8.63. The Kier molecular flexibility index (Phi) is 6.44. The van der Waals surface area contributed by atoms with E-state index in [4.69, 9.17) is 5.73 Å². The fraction of sp³-hybridized carbons (Fsp3) is 0.533. The number of hydrogen-bond donors (Lipinski definition) is 2. The third-order valence-electron chi connectivity index (χ3n) is 3.05. The summed E-state index contributed by atoms with van der Waals surface area (Å²) in [4.78, 5) is 11.7. The maximum absolute atomic E-state index is 11.7. The van der Waals surface area contributed by atoms with Gasteiger partial charge in [-0.15, -0.1) is 0 Å². The molecule has 0 aliphatic heterocycles. The minimum atomic E-state index is 0.129. The zero-order valence-electron chi connectivity index (χ0n) is 11.4. The van der Waals surface area contributed by atoms with Crippen LogP contribution >= 0.6 is 0 Å². The van der Waals surface area contributed by atoms with E-state index >= 15 is 0 Å². The molecule has 0 heterocycles. The van der Waals surface area contributed by atoms with Crippen LogP contribution in [0, 0.1) is 6.92 Å². The highest BCUT2D eigenvalue weighted by atomic mass is 16.1. The molecule has 18 heavy (non-hydrogen) atoms. The van der Waals surface area contributed by atoms with Crippen molar-refractivity contribution in [2.45, 2.75) is 45.6 Å². The third kappa shape index (κ3) is 5.32. The van der Waals surface area contributed by atoms with Gasteiger partial charge in [-0.3, -0.25) is 4.79 Å². The lowest BCUT2D eigenvalue weighted by Gasteiger charge is -2.15. The number of carbonyl (C=O) groups excluding carboxylic acids is 1. The molecule has 0 saturated heterocycles. The van der Waals surface area contributed by atoms with Gasteiger partial charge in [0.05, 0.1) is 0 Å². The van der Waals surface area contributed by atoms with Gasteiger partial charge in [0.2, 0.25) is 5.91 Å². The highest BCUT2D eigenvalue weighted by molar-refractivity contribution is 5.76. The van der Waals surface area contributed by atoms with Crippen molar-refractivity contribution in [1.82, 2.24) is 5.32 Å². The molecule has 100 valence electrons. The first kappa shape index (κ1) is 14.7. The van der Waals surface area contributed by atoms with E-state index in [0.29, 0.717) is 13.0 Å². The molecule has 0 spiro atoms. The summed E-state index contributed by atoms with van der Waals surface area (Å²) in [5, 5.41) is 3.03. The molecule has 1 atom stereocenters. The Bertz CT molecular complexity index is 377. The Hall–Kier alpha value is -1.35. The van der Waals surface area contributed by atoms with Crippen molar-refractivity contribution in [3.8, 4) is 0 Å². The van der Waals surface area contributed by atoms with E-state index in [-0.39, 0.29) is 11.9 Å². The van der Waals surface area contributed by atoms with Crippen molar-refractivity contribution in [2.24, 2.45) is 5.73 Å². The van der Waals surface area contributed by atoms with Crippen LogP contribution in [0.25, 0.3) is 0 Å². The monoisotopic (exact) mass is 248 g/mol. The summed E-state index contributed by atoms with van der Waals surface area (Å²) >= 11 is 0. The van der Waals surface area contributed by atoms with Crippen LogP contribution < -0.4 is 11.1 Å². The molecule has 3 heteroatoms. The topological polar surface area (TPSA) is 55.1 Å². The van der Waals surface area contributed by atoms with E-state index in [1.807, 2.05) is 19.1 Å². The standard InChI is InChI=1S/C15H24N2O/c1-12-7-3-4-8-14(12)11-13(2)17-15(18)9-5-6-10-16/h3-4,7-8,13H,5-6,9-11,16H2,1-2H3,(H,17,18). The molecule has 0 aliphatic rings. The number of carbonyl (C=O) groups is 1. The van der Waals surface area contributed by atoms with E-state index in [2.05, 4.69) is 24.4 Å². The van der Waals surface area contributed by atoms with Gasteiger partial charge in [0, 0.05) is 12.5 Å². The number of nitrogens with two attached hydrogens (primary N) is 1. The van der Waals surface area contributed by atoms with Gasteiger partial charge in [0.1, 0.15) is 0 Å². The quantitative estimate of drug-likeness (QED) is 0.727. The summed E-state index contributed by atoms with van der Waals surface area (Å²) < 4.78 is 0. The van der Waals surface area contributed by atoms with Crippen molar-refractivity contribution >= 4 is 5.91 Å². The highest BCUT2D eigenvalue weighted by Crippen LogP contribution is 2.09. The van der Waals surface area contributed by atoms with Gasteiger partial charge in [-0.1, -0.05) is 24.3 Å². The predicted molar refractivity (Wildman–Crippen MR) is 75.4 cm³/mol. The number of benzene rings is 1. The maximum Gasteiger partial charge on any atom is 0.220 e. The molecular formula is C15H24N2O. The van der Waals surface area contributed by atoms with Crippen molar-refractivity contribution in [2.75, 3.05) is 6.54 Å². The Morgan fingerprint density at radius 1 is 1.33 bits per heavy atom. The minimum Gasteiger partial charge on any atom is -0.353 e. The number of nitrogens with one attached hydrogen (secondary N) is 1. The summed E-state index contributed by atoms with van der Waals surface area (Å²) in [6.07, 6.45) is 3.25. The van der Waals surface area contributed by atoms with E-state index < -0.39 is 0 Å². The average molecular weight is 248 g/mol. The second kappa shape index (κ2) is 7.88. The van der Waals surface area contributed by atoms with Crippen LogP contribution in [0.2, 0.25) is 0 Å². The normalized spacial score (nSPS) is 12.2. The SMILES string of the molecule is Cc1ccccc1CC(C)NC(=O)CCCCN. The molecular weight excluding hydrogens is 224 g/mol. The Morgan fingerprint density at radius 3 is 2.72 bits per heavy atom. The van der Waals surface area contributed by atoms with Crippen molar-refractivity contribution in [3.63, 3.8) is 0 Å². The molecule has 0 aromatic heterocycles. The van der Waals surface area contributed by atoms with Crippen LogP contribution in [0.3, 0.4) is 0 Å². The number of hydrogen-bond acceptors (Lipinski definition) is 2. The molecule has 0 saturated carbocycles. The Balaban J connectivity index is 2.35. The van der Waals surface area contributed by atoms with Crippen LogP contribution in [-0.4, -0.2) is 18.5 Å². The smallest absolute Gasteiger partial charge is 0.220 e. The van der Waals surface area contributed by atoms with Gasteiger partial charge in [-0.05, 0) is 50.8 Å². The van der Waals surface area contributed by atoms with Gasteiger partial charge in [-0.2, -0.15) is 0 Å². The van der Waals surface area contributed by atoms with Crippen LogP contribution in [0.5, 0.6) is 0 Å². The van der Waals surface area contributed by atoms with Crippen molar-refractivity contribution in [3.05, 3.63) is 35.4 Å². The second-order valence-electron chi connectivity index (χ2n) is 4.84. The number of rotatable bonds is 7. The largest absolute Gasteiger partial charge is 0.353 e. The maximum atomic E-state index is 11.7. The number of amides is 1. The van der Waals surface area contributed by atoms with Crippen LogP contribution in [-0.2, 0) is 11.2 Å². The summed E-state index contributed by atoms with van der Waals surface area (Å²) in [5.74, 6) is 0.129. The molecule has 1 aromatic rings. The molecule has 1 aromatic carbocycles. The highest BCUT2D eigenvalue weighted by Gasteiger charge is 2.08. The summed E-state index contributed by atoms with van der Waals surface area (Å²) in [5.41, 5.74) is 7.98. The fourth-order valence-corrected chi connectivity index (χ4v) is 2.00. The van der Waals surface area contributed by atoms with E-state index in [1.165, 1.54) is 11.1 Å². The second-order valence-corrected chi connectivity index (χ2v) is 4.84. The van der Waals surface area contributed by atoms with E-state index in [1.54, 1.807) is 0 Å². The Morgan fingerprint density at radius 2 is 2.06 bits per heavy atom. The van der Waals surface area contributed by atoms with Gasteiger partial charge in [0.15, 0.2) is 0 Å². The molecule has 0 fully saturated rings. The van der Waals surface area contributed by atoms with Crippen molar-refractivity contribution in [1.29, 1.82) is 0 Å². The molecule has 0 aliphatic carbocycles. The number of aryl methyl sites for hydroxylation is 1. The van der Waals surface area contributed by atoms with Crippen LogP contribution in [0.15, 0.2) is 24.3 Å². The molecule has 1 unspecified atom stereocenters. The lowest BCUT2D eigenvalue weighted by Crippen LogP contribution is -2.34. The first-order valence-electron chi connectivity index (χ1n) is 6.67. The molecule has 1 amide bonds. The van der Waals surface area contributed by atoms with E-state index in [0.717, 1.165) is 19.3 Å². The molecule has 3 N–H and O–H groups in total. The van der Waals surface area contributed by atoms with Gasteiger partial charge >= 0.3 is 0 Å². The third-order valence-corrected chi connectivity index (χ3v) is 3.05. The zero-order valence-corrected chi connectivity index (χ0v) is 11.4. The molecule has 0 bridgehead atoms. The van der Waals surface area contributed by atoms with Gasteiger partial charge < -0.3 is 11.1 Å². The summed E-state index contributed by atoms with van der Waals surface area (Å²) in [6, 6.07) is 8.47. The molecule has 1 rings (SSSR count). The van der Waals surface area contributed by atoms with Crippen LogP contribution in [0.1, 0.15) is 37.3 Å². The predicted octanol–water partition coefficient (Wildman–Crippen LogP) is 2.17. The fourth-order valence-electron chi connectivity index (χ4n) is 2.00. The van der Waals surface area contributed by atoms with Crippen molar-refractivity contribution < 1.29 is 4.79 Å². The zero-order chi connectivity index (χ0) is 13.4. The minimum absolute atomic E-state index is 0.129. The summed E-state index contributed by atoms with van der Waals surface area (Å²) in [6.45, 7) is 4.81. The average Bonchev–Trinajstić information content (AvgIpc) is 2.32. The van der Waals surface area contributed by atoms with Gasteiger partial charge in [0.25, 0.3) is 0 Å². The molecule has 3 nitrogen and oxygen atoms in total. The first-order valence-corrected chi connectivity index (χ1v) is 6.67.